The van der Waals surface area contributed by atoms with Gasteiger partial charge in [-0.25, -0.2) is 0 Å². The molecule has 0 spiro atoms. The number of fused-ring (bicyclic) bond motifs is 1. The van der Waals surface area contributed by atoms with E-state index in [1.807, 2.05) is 6.07 Å². The molecule has 3 rings (SSSR count). The lowest BCUT2D eigenvalue weighted by atomic mass is 10.1. The highest BCUT2D eigenvalue weighted by atomic mass is 16.3. The van der Waals surface area contributed by atoms with Gasteiger partial charge in [0.05, 0.1) is 5.52 Å². The van der Waals surface area contributed by atoms with Crippen LogP contribution in [-0.4, -0.2) is 20.4 Å². The summed E-state index contributed by atoms with van der Waals surface area (Å²) in [5.74, 6) is 0.347. The number of nitrogens with zero attached hydrogens (tertiary/aromatic N) is 1. The van der Waals surface area contributed by atoms with Crippen LogP contribution in [0.3, 0.4) is 0 Å². The van der Waals surface area contributed by atoms with Crippen LogP contribution in [0.5, 0.6) is 11.5 Å². The molecule has 0 aliphatic carbocycles. The maximum atomic E-state index is 9.79. The molecule has 4 nitrogen and oxygen atoms in total. The molecule has 0 bridgehead atoms. The number of rotatable bonds is 1. The van der Waals surface area contributed by atoms with E-state index < -0.39 is 0 Å². The van der Waals surface area contributed by atoms with Crippen LogP contribution in [0.1, 0.15) is 0 Å². The third kappa shape index (κ3) is 1.50. The number of aromatic nitrogens is 2. The summed E-state index contributed by atoms with van der Waals surface area (Å²) >= 11 is 0. The average Bonchev–Trinajstić information content (AvgIpc) is 2.72. The highest BCUT2D eigenvalue weighted by Gasteiger charge is 2.11. The second kappa shape index (κ2) is 3.52. The molecule has 0 amide bonds. The number of aromatic amines is 1. The molecule has 0 saturated heterocycles. The third-order valence-corrected chi connectivity index (χ3v) is 2.71. The SMILES string of the molecule is Oc1ccc2[nH]nc(-c3ccccc3O)c2c1. The molecule has 2 aromatic carbocycles. The van der Waals surface area contributed by atoms with Gasteiger partial charge in [-0.2, -0.15) is 5.10 Å². The van der Waals surface area contributed by atoms with E-state index in [2.05, 4.69) is 10.2 Å². The Morgan fingerprint density at radius 1 is 1.00 bits per heavy atom. The minimum Gasteiger partial charge on any atom is -0.508 e. The Balaban J connectivity index is 2.31. The fourth-order valence-electron chi connectivity index (χ4n) is 1.88. The average molecular weight is 226 g/mol. The summed E-state index contributed by atoms with van der Waals surface area (Å²) in [7, 11) is 0. The molecule has 0 aliphatic rings. The second-order valence-corrected chi connectivity index (χ2v) is 3.82. The maximum Gasteiger partial charge on any atom is 0.125 e. The molecule has 0 unspecified atom stereocenters. The van der Waals surface area contributed by atoms with Crippen molar-refractivity contribution in [2.45, 2.75) is 0 Å². The van der Waals surface area contributed by atoms with Gasteiger partial charge in [0, 0.05) is 10.9 Å². The van der Waals surface area contributed by atoms with Crippen molar-refractivity contribution in [1.82, 2.24) is 10.2 Å². The zero-order chi connectivity index (χ0) is 11.8. The van der Waals surface area contributed by atoms with Crippen molar-refractivity contribution >= 4 is 10.9 Å². The first-order valence-corrected chi connectivity index (χ1v) is 5.21. The number of para-hydroxylation sites is 1. The zero-order valence-electron chi connectivity index (χ0n) is 8.88. The van der Waals surface area contributed by atoms with Gasteiger partial charge >= 0.3 is 0 Å². The number of benzene rings is 2. The molecule has 1 aromatic heterocycles. The van der Waals surface area contributed by atoms with Crippen LogP contribution < -0.4 is 0 Å². The molecule has 3 N–H and O–H groups in total. The molecule has 0 radical (unpaired) electrons. The van der Waals surface area contributed by atoms with Crippen molar-refractivity contribution in [2.24, 2.45) is 0 Å². The number of phenolic OH excluding ortho intramolecular Hbond substituents is 2. The summed E-state index contributed by atoms with van der Waals surface area (Å²) in [4.78, 5) is 0. The molecule has 0 saturated carbocycles. The highest BCUT2D eigenvalue weighted by Crippen LogP contribution is 2.33. The molecule has 0 aliphatic heterocycles. The number of phenols is 2. The van der Waals surface area contributed by atoms with Gasteiger partial charge < -0.3 is 10.2 Å². The van der Waals surface area contributed by atoms with Crippen LogP contribution in [0.2, 0.25) is 0 Å². The van der Waals surface area contributed by atoms with E-state index in [9.17, 15) is 10.2 Å². The lowest BCUT2D eigenvalue weighted by molar-refractivity contribution is 0.475. The van der Waals surface area contributed by atoms with Gasteiger partial charge in [0.2, 0.25) is 0 Å². The van der Waals surface area contributed by atoms with Gasteiger partial charge in [-0.1, -0.05) is 12.1 Å². The summed E-state index contributed by atoms with van der Waals surface area (Å²) in [6, 6.07) is 12.0. The molecule has 84 valence electrons. The predicted molar refractivity (Wildman–Crippen MR) is 64.9 cm³/mol. The molecule has 1 heterocycles. The maximum absolute atomic E-state index is 9.79. The van der Waals surface area contributed by atoms with Crippen molar-refractivity contribution in [3.05, 3.63) is 42.5 Å². The van der Waals surface area contributed by atoms with Gasteiger partial charge in [0.15, 0.2) is 0 Å². The quantitative estimate of drug-likeness (QED) is 0.597. The largest absolute Gasteiger partial charge is 0.508 e. The zero-order valence-corrected chi connectivity index (χ0v) is 8.88. The predicted octanol–water partition coefficient (Wildman–Crippen LogP) is 2.64. The van der Waals surface area contributed by atoms with Crippen molar-refractivity contribution in [1.29, 1.82) is 0 Å². The minimum absolute atomic E-state index is 0.171. The number of hydrogen-bond acceptors (Lipinski definition) is 3. The number of H-pyrrole nitrogens is 1. The van der Waals surface area contributed by atoms with E-state index in [-0.39, 0.29) is 11.5 Å². The molecular weight excluding hydrogens is 216 g/mol. The summed E-state index contributed by atoms with van der Waals surface area (Å²) in [5.41, 5.74) is 2.10. The fraction of sp³-hybridized carbons (Fsp3) is 0. The molecule has 3 aromatic rings. The Morgan fingerprint density at radius 3 is 2.65 bits per heavy atom. The number of hydrogen-bond donors (Lipinski definition) is 3. The molecule has 4 heteroatoms. The van der Waals surface area contributed by atoms with Crippen LogP contribution >= 0.6 is 0 Å². The summed E-state index contributed by atoms with van der Waals surface area (Å²) in [6.07, 6.45) is 0. The first kappa shape index (κ1) is 9.72. The monoisotopic (exact) mass is 226 g/mol. The number of aromatic hydroxyl groups is 2. The summed E-state index contributed by atoms with van der Waals surface area (Å²) < 4.78 is 0. The van der Waals surface area contributed by atoms with Gasteiger partial charge in [-0.05, 0) is 30.3 Å². The van der Waals surface area contributed by atoms with Crippen LogP contribution in [0.15, 0.2) is 42.5 Å². The molecular formula is C13H10N2O2. The van der Waals surface area contributed by atoms with Gasteiger partial charge in [-0.15, -0.1) is 0 Å². The van der Waals surface area contributed by atoms with Crippen molar-refractivity contribution in [3.8, 4) is 22.8 Å². The first-order valence-electron chi connectivity index (χ1n) is 5.21. The van der Waals surface area contributed by atoms with Crippen molar-refractivity contribution in [2.75, 3.05) is 0 Å². The highest BCUT2D eigenvalue weighted by molar-refractivity contribution is 5.95. The van der Waals surface area contributed by atoms with Gasteiger partial charge in [-0.3, -0.25) is 5.10 Å². The Morgan fingerprint density at radius 2 is 1.82 bits per heavy atom. The third-order valence-electron chi connectivity index (χ3n) is 2.71. The lowest BCUT2D eigenvalue weighted by Gasteiger charge is -2.01. The van der Waals surface area contributed by atoms with Crippen molar-refractivity contribution < 1.29 is 10.2 Å². The van der Waals surface area contributed by atoms with Crippen molar-refractivity contribution in [3.63, 3.8) is 0 Å². The van der Waals surface area contributed by atoms with E-state index in [0.29, 0.717) is 11.3 Å². The van der Waals surface area contributed by atoms with Crippen LogP contribution in [0.25, 0.3) is 22.2 Å². The second-order valence-electron chi connectivity index (χ2n) is 3.82. The summed E-state index contributed by atoms with van der Waals surface area (Å²) in [6.45, 7) is 0. The lowest BCUT2D eigenvalue weighted by Crippen LogP contribution is -1.79. The Kier molecular flexibility index (Phi) is 2.01. The fourth-order valence-corrected chi connectivity index (χ4v) is 1.88. The van der Waals surface area contributed by atoms with Crippen LogP contribution in [-0.2, 0) is 0 Å². The topological polar surface area (TPSA) is 69.1 Å². The minimum atomic E-state index is 0.171. The Bertz CT molecular complexity index is 689. The van der Waals surface area contributed by atoms with E-state index in [0.717, 1.165) is 10.9 Å². The van der Waals surface area contributed by atoms with Gasteiger partial charge in [0.25, 0.3) is 0 Å². The molecule has 17 heavy (non-hydrogen) atoms. The van der Waals surface area contributed by atoms with E-state index in [1.165, 1.54) is 0 Å². The number of nitrogens with one attached hydrogen (secondary N) is 1. The van der Waals surface area contributed by atoms with E-state index in [4.69, 9.17) is 0 Å². The Hall–Kier alpha value is -2.49. The smallest absolute Gasteiger partial charge is 0.125 e. The first-order chi connectivity index (χ1) is 8.25. The summed E-state index contributed by atoms with van der Waals surface area (Å²) in [5, 5.41) is 27.1. The molecule has 0 atom stereocenters. The van der Waals surface area contributed by atoms with E-state index >= 15 is 0 Å². The Labute approximate surface area is 97.2 Å². The van der Waals surface area contributed by atoms with E-state index in [1.54, 1.807) is 36.4 Å². The molecule has 0 fully saturated rings. The van der Waals surface area contributed by atoms with Crippen LogP contribution in [0, 0.1) is 0 Å². The van der Waals surface area contributed by atoms with Crippen LogP contribution in [0.4, 0.5) is 0 Å². The van der Waals surface area contributed by atoms with Gasteiger partial charge in [0.1, 0.15) is 17.2 Å². The normalized spacial score (nSPS) is 10.8. The standard InChI is InChI=1S/C13H10N2O2/c16-8-5-6-11-10(7-8)13(15-14-11)9-3-1-2-4-12(9)17/h1-7,16-17H,(H,14,15).